The van der Waals surface area contributed by atoms with Gasteiger partial charge in [0, 0.05) is 45.3 Å². The molecule has 1 aliphatic rings. The highest BCUT2D eigenvalue weighted by molar-refractivity contribution is 5.79. The molecule has 2 N–H and O–H groups in total. The molecule has 0 radical (unpaired) electrons. The van der Waals surface area contributed by atoms with Crippen LogP contribution in [0.1, 0.15) is 23.6 Å². The first-order valence-corrected chi connectivity index (χ1v) is 10.3. The highest BCUT2D eigenvalue weighted by Gasteiger charge is 2.10. The molecule has 0 saturated carbocycles. The molecule has 3 rings (SSSR count). The molecule has 0 amide bonds. The zero-order chi connectivity index (χ0) is 20.3. The molecule has 6 heteroatoms. The number of benzene rings is 2. The van der Waals surface area contributed by atoms with E-state index in [1.54, 1.807) is 7.05 Å². The Morgan fingerprint density at radius 2 is 1.69 bits per heavy atom. The lowest BCUT2D eigenvalue weighted by Crippen LogP contribution is -2.36. The third-order valence-corrected chi connectivity index (χ3v) is 4.94. The van der Waals surface area contributed by atoms with Crippen LogP contribution in [0.4, 0.5) is 0 Å². The van der Waals surface area contributed by atoms with Crippen molar-refractivity contribution in [2.24, 2.45) is 4.99 Å². The van der Waals surface area contributed by atoms with Crippen LogP contribution in [-0.4, -0.2) is 50.8 Å². The van der Waals surface area contributed by atoms with E-state index in [0.717, 1.165) is 56.7 Å². The number of morpholine rings is 1. The van der Waals surface area contributed by atoms with E-state index in [1.807, 2.05) is 25.1 Å². The summed E-state index contributed by atoms with van der Waals surface area (Å²) >= 11 is 0. The summed E-state index contributed by atoms with van der Waals surface area (Å²) in [7, 11) is 1.79. The number of rotatable bonds is 8. The van der Waals surface area contributed by atoms with Gasteiger partial charge in [-0.15, -0.1) is 0 Å². The standard InChI is InChI=1S/C23H32N4O2/c1-3-29-22-7-5-4-6-21(22)17-26-23(24-2)25-16-19-8-10-20(11-9-19)18-27-12-14-28-15-13-27/h4-11H,3,12-18H2,1-2H3,(H2,24,25,26). The van der Waals surface area contributed by atoms with Gasteiger partial charge >= 0.3 is 0 Å². The molecule has 1 fully saturated rings. The Morgan fingerprint density at radius 1 is 1.00 bits per heavy atom. The minimum atomic E-state index is 0.658. The molecule has 0 aromatic heterocycles. The van der Waals surface area contributed by atoms with Gasteiger partial charge < -0.3 is 20.1 Å². The zero-order valence-electron chi connectivity index (χ0n) is 17.5. The van der Waals surface area contributed by atoms with Crippen molar-refractivity contribution in [1.82, 2.24) is 15.5 Å². The van der Waals surface area contributed by atoms with Gasteiger partial charge in [-0.25, -0.2) is 0 Å². The van der Waals surface area contributed by atoms with Crippen molar-refractivity contribution in [1.29, 1.82) is 0 Å². The van der Waals surface area contributed by atoms with Crippen molar-refractivity contribution in [3.05, 3.63) is 65.2 Å². The molecule has 1 saturated heterocycles. The van der Waals surface area contributed by atoms with Crippen LogP contribution in [0.25, 0.3) is 0 Å². The lowest BCUT2D eigenvalue weighted by molar-refractivity contribution is 0.0342. The molecule has 29 heavy (non-hydrogen) atoms. The van der Waals surface area contributed by atoms with E-state index in [0.29, 0.717) is 13.2 Å². The maximum atomic E-state index is 5.69. The van der Waals surface area contributed by atoms with Crippen LogP contribution in [0.15, 0.2) is 53.5 Å². The number of ether oxygens (including phenoxy) is 2. The molecule has 1 heterocycles. The molecular formula is C23H32N4O2. The van der Waals surface area contributed by atoms with Crippen LogP contribution >= 0.6 is 0 Å². The Kier molecular flexibility index (Phi) is 8.34. The Morgan fingerprint density at radius 3 is 2.41 bits per heavy atom. The van der Waals surface area contributed by atoms with Crippen molar-refractivity contribution in [2.45, 2.75) is 26.6 Å². The Balaban J connectivity index is 1.46. The number of hydrogen-bond acceptors (Lipinski definition) is 4. The molecule has 0 aliphatic carbocycles. The monoisotopic (exact) mass is 396 g/mol. The quantitative estimate of drug-likeness (QED) is 0.531. The highest BCUT2D eigenvalue weighted by Crippen LogP contribution is 2.17. The molecule has 2 aromatic carbocycles. The summed E-state index contributed by atoms with van der Waals surface area (Å²) in [4.78, 5) is 6.76. The molecular weight excluding hydrogens is 364 g/mol. The van der Waals surface area contributed by atoms with Crippen molar-refractivity contribution < 1.29 is 9.47 Å². The van der Waals surface area contributed by atoms with Crippen LogP contribution in [0, 0.1) is 0 Å². The number of guanidine groups is 1. The first-order chi connectivity index (χ1) is 14.3. The van der Waals surface area contributed by atoms with Gasteiger partial charge in [0.05, 0.1) is 19.8 Å². The molecule has 156 valence electrons. The summed E-state index contributed by atoms with van der Waals surface area (Å²) in [6.07, 6.45) is 0. The second kappa shape index (κ2) is 11.4. The predicted molar refractivity (Wildman–Crippen MR) is 117 cm³/mol. The number of hydrogen-bond donors (Lipinski definition) is 2. The Hall–Kier alpha value is -2.57. The van der Waals surface area contributed by atoms with Gasteiger partial charge in [0.15, 0.2) is 5.96 Å². The fourth-order valence-electron chi connectivity index (χ4n) is 3.31. The third-order valence-electron chi connectivity index (χ3n) is 4.94. The van der Waals surface area contributed by atoms with Gasteiger partial charge in [0.25, 0.3) is 0 Å². The van der Waals surface area contributed by atoms with Crippen LogP contribution in [0.2, 0.25) is 0 Å². The number of nitrogens with zero attached hydrogens (tertiary/aromatic N) is 2. The largest absolute Gasteiger partial charge is 0.494 e. The molecule has 0 atom stereocenters. The second-order valence-electron chi connectivity index (χ2n) is 7.03. The minimum Gasteiger partial charge on any atom is -0.494 e. The molecule has 0 bridgehead atoms. The molecule has 6 nitrogen and oxygen atoms in total. The summed E-state index contributed by atoms with van der Waals surface area (Å²) in [5.74, 6) is 1.68. The molecule has 2 aromatic rings. The molecule has 0 spiro atoms. The Bertz CT molecular complexity index is 771. The predicted octanol–water partition coefficient (Wildman–Crippen LogP) is 2.78. The number of para-hydroxylation sites is 1. The smallest absolute Gasteiger partial charge is 0.191 e. The average molecular weight is 397 g/mol. The van der Waals surface area contributed by atoms with Gasteiger partial charge in [-0.3, -0.25) is 9.89 Å². The number of aliphatic imine (C=N–C) groups is 1. The van der Waals surface area contributed by atoms with Crippen LogP contribution in [0.5, 0.6) is 5.75 Å². The van der Waals surface area contributed by atoms with Crippen molar-refractivity contribution >= 4 is 5.96 Å². The maximum Gasteiger partial charge on any atom is 0.191 e. The second-order valence-corrected chi connectivity index (χ2v) is 7.03. The van der Waals surface area contributed by atoms with Crippen molar-refractivity contribution in [3.8, 4) is 5.75 Å². The number of nitrogens with one attached hydrogen (secondary N) is 2. The normalized spacial score (nSPS) is 15.2. The highest BCUT2D eigenvalue weighted by atomic mass is 16.5. The first-order valence-electron chi connectivity index (χ1n) is 10.3. The minimum absolute atomic E-state index is 0.658. The summed E-state index contributed by atoms with van der Waals surface area (Å²) < 4.78 is 11.1. The van der Waals surface area contributed by atoms with Crippen LogP contribution < -0.4 is 15.4 Å². The van der Waals surface area contributed by atoms with Gasteiger partial charge in [-0.2, -0.15) is 0 Å². The Labute approximate surface area is 173 Å². The lowest BCUT2D eigenvalue weighted by Gasteiger charge is -2.26. The summed E-state index contributed by atoms with van der Waals surface area (Å²) in [6.45, 7) is 8.72. The van der Waals surface area contributed by atoms with Crippen LogP contribution in [0.3, 0.4) is 0 Å². The van der Waals surface area contributed by atoms with Gasteiger partial charge in [0.2, 0.25) is 0 Å². The molecule has 0 unspecified atom stereocenters. The topological polar surface area (TPSA) is 58.1 Å². The average Bonchev–Trinajstić information content (AvgIpc) is 2.77. The summed E-state index contributed by atoms with van der Waals surface area (Å²) in [5.41, 5.74) is 3.68. The summed E-state index contributed by atoms with van der Waals surface area (Å²) in [6, 6.07) is 16.9. The third kappa shape index (κ3) is 6.76. The fraction of sp³-hybridized carbons (Fsp3) is 0.435. The van der Waals surface area contributed by atoms with E-state index in [9.17, 15) is 0 Å². The van der Waals surface area contributed by atoms with Gasteiger partial charge in [-0.1, -0.05) is 42.5 Å². The SMILES string of the molecule is CCOc1ccccc1CNC(=NC)NCc1ccc(CN2CCOCC2)cc1. The lowest BCUT2D eigenvalue weighted by atomic mass is 10.1. The van der Waals surface area contributed by atoms with Crippen molar-refractivity contribution in [2.75, 3.05) is 40.0 Å². The maximum absolute atomic E-state index is 5.69. The van der Waals surface area contributed by atoms with E-state index in [2.05, 4.69) is 50.9 Å². The van der Waals surface area contributed by atoms with Crippen LogP contribution in [-0.2, 0) is 24.4 Å². The molecule has 1 aliphatic heterocycles. The van der Waals surface area contributed by atoms with Gasteiger partial charge in [-0.05, 0) is 24.1 Å². The van der Waals surface area contributed by atoms with E-state index in [1.165, 1.54) is 11.1 Å². The van der Waals surface area contributed by atoms with E-state index < -0.39 is 0 Å². The van der Waals surface area contributed by atoms with E-state index in [4.69, 9.17) is 9.47 Å². The van der Waals surface area contributed by atoms with E-state index >= 15 is 0 Å². The van der Waals surface area contributed by atoms with Crippen molar-refractivity contribution in [3.63, 3.8) is 0 Å². The summed E-state index contributed by atoms with van der Waals surface area (Å²) in [5, 5.41) is 6.74. The van der Waals surface area contributed by atoms with E-state index in [-0.39, 0.29) is 0 Å². The zero-order valence-corrected chi connectivity index (χ0v) is 17.5. The van der Waals surface area contributed by atoms with Gasteiger partial charge in [0.1, 0.15) is 5.75 Å². The fourth-order valence-corrected chi connectivity index (χ4v) is 3.31. The first kappa shape index (κ1) is 21.1.